The molecule has 0 aliphatic rings. The SMILES string of the molecule is C=CCn1c(COc2ccc(F)cc2)nnc1SCC(=O)Nc1ccc(OC)cc1[N+](=O)[O-]. The van der Waals surface area contributed by atoms with Gasteiger partial charge in [-0.25, -0.2) is 4.39 Å². The van der Waals surface area contributed by atoms with Gasteiger partial charge in [-0.05, 0) is 36.4 Å². The van der Waals surface area contributed by atoms with E-state index < -0.39 is 10.8 Å². The number of hydrogen-bond acceptors (Lipinski definition) is 8. The number of anilines is 1. The van der Waals surface area contributed by atoms with Crippen LogP contribution in [0.5, 0.6) is 11.5 Å². The molecule has 0 spiro atoms. The van der Waals surface area contributed by atoms with Gasteiger partial charge in [0.15, 0.2) is 11.0 Å². The number of hydrogen-bond donors (Lipinski definition) is 1. The van der Waals surface area contributed by atoms with Crippen molar-refractivity contribution >= 4 is 29.0 Å². The summed E-state index contributed by atoms with van der Waals surface area (Å²) < 4.78 is 25.4. The molecule has 0 atom stereocenters. The Morgan fingerprint density at radius 1 is 1.27 bits per heavy atom. The lowest BCUT2D eigenvalue weighted by Gasteiger charge is -2.10. The van der Waals surface area contributed by atoms with Crippen molar-refractivity contribution < 1.29 is 23.6 Å². The largest absolute Gasteiger partial charge is 0.496 e. The molecule has 33 heavy (non-hydrogen) atoms. The molecule has 3 rings (SSSR count). The summed E-state index contributed by atoms with van der Waals surface area (Å²) in [5.41, 5.74) is -0.213. The summed E-state index contributed by atoms with van der Waals surface area (Å²) in [6.45, 7) is 4.17. The summed E-state index contributed by atoms with van der Waals surface area (Å²) in [6.07, 6.45) is 1.65. The van der Waals surface area contributed by atoms with E-state index in [1.807, 2.05) is 0 Å². The van der Waals surface area contributed by atoms with E-state index in [2.05, 4.69) is 22.1 Å². The number of nitro groups is 1. The predicted molar refractivity (Wildman–Crippen MR) is 120 cm³/mol. The van der Waals surface area contributed by atoms with Crippen LogP contribution in [0.15, 0.2) is 60.3 Å². The van der Waals surface area contributed by atoms with E-state index >= 15 is 0 Å². The van der Waals surface area contributed by atoms with Gasteiger partial charge in [-0.2, -0.15) is 0 Å². The first kappa shape index (κ1) is 23.7. The lowest BCUT2D eigenvalue weighted by molar-refractivity contribution is -0.384. The molecule has 172 valence electrons. The maximum atomic E-state index is 13.0. The summed E-state index contributed by atoms with van der Waals surface area (Å²) in [6, 6.07) is 9.74. The van der Waals surface area contributed by atoms with Crippen molar-refractivity contribution in [2.24, 2.45) is 0 Å². The predicted octanol–water partition coefficient (Wildman–Crippen LogP) is 3.83. The number of allylic oxidation sites excluding steroid dienone is 1. The number of carbonyl (C=O) groups excluding carboxylic acids is 1. The Morgan fingerprint density at radius 2 is 2.00 bits per heavy atom. The summed E-state index contributed by atoms with van der Waals surface area (Å²) in [5.74, 6) is 0.394. The monoisotopic (exact) mass is 473 g/mol. The normalized spacial score (nSPS) is 10.5. The van der Waals surface area contributed by atoms with Crippen LogP contribution in [-0.4, -0.2) is 38.5 Å². The van der Waals surface area contributed by atoms with Crippen LogP contribution >= 0.6 is 11.8 Å². The molecule has 0 radical (unpaired) electrons. The molecule has 1 aromatic heterocycles. The summed E-state index contributed by atoms with van der Waals surface area (Å²) in [5, 5.41) is 22.5. The fourth-order valence-corrected chi connectivity index (χ4v) is 3.50. The first-order chi connectivity index (χ1) is 15.9. The minimum Gasteiger partial charge on any atom is -0.496 e. The summed E-state index contributed by atoms with van der Waals surface area (Å²) in [4.78, 5) is 23.1. The average molecular weight is 473 g/mol. The Bertz CT molecular complexity index is 1150. The molecule has 1 heterocycles. The van der Waals surface area contributed by atoms with Gasteiger partial charge in [0, 0.05) is 6.54 Å². The lowest BCUT2D eigenvalue weighted by Crippen LogP contribution is -2.16. The van der Waals surface area contributed by atoms with E-state index in [1.165, 1.54) is 49.6 Å². The van der Waals surface area contributed by atoms with Crippen LogP contribution in [-0.2, 0) is 17.9 Å². The Kier molecular flexibility index (Phi) is 7.97. The van der Waals surface area contributed by atoms with Crippen LogP contribution < -0.4 is 14.8 Å². The molecular formula is C21H20FN5O5S. The van der Waals surface area contributed by atoms with Gasteiger partial charge in [-0.15, -0.1) is 16.8 Å². The van der Waals surface area contributed by atoms with Crippen LogP contribution in [0.3, 0.4) is 0 Å². The number of thioether (sulfide) groups is 1. The van der Waals surface area contributed by atoms with E-state index in [1.54, 1.807) is 10.6 Å². The number of benzene rings is 2. The molecule has 0 fully saturated rings. The molecule has 10 nitrogen and oxygen atoms in total. The van der Waals surface area contributed by atoms with Gasteiger partial charge >= 0.3 is 0 Å². The number of carbonyl (C=O) groups is 1. The summed E-state index contributed by atoms with van der Waals surface area (Å²) in [7, 11) is 1.40. The molecule has 0 bridgehead atoms. The third-order valence-electron chi connectivity index (χ3n) is 4.29. The highest BCUT2D eigenvalue weighted by atomic mass is 32.2. The number of nitro benzene ring substituents is 1. The number of halogens is 1. The fraction of sp³-hybridized carbons (Fsp3) is 0.190. The standard InChI is InChI=1S/C21H20FN5O5S/c1-3-10-26-19(12-32-15-6-4-14(22)5-7-15)24-25-21(26)33-13-20(28)23-17-9-8-16(31-2)11-18(17)27(29)30/h3-9,11H,1,10,12-13H2,2H3,(H,23,28). The van der Waals surface area contributed by atoms with Gasteiger partial charge in [0.1, 0.15) is 29.6 Å². The van der Waals surface area contributed by atoms with Crippen molar-refractivity contribution in [2.75, 3.05) is 18.2 Å². The Morgan fingerprint density at radius 3 is 2.67 bits per heavy atom. The Hall–Kier alpha value is -3.93. The van der Waals surface area contributed by atoms with E-state index in [-0.39, 0.29) is 29.6 Å². The zero-order valence-corrected chi connectivity index (χ0v) is 18.4. The maximum absolute atomic E-state index is 13.0. The van der Waals surface area contributed by atoms with Crippen LogP contribution in [0.2, 0.25) is 0 Å². The third-order valence-corrected chi connectivity index (χ3v) is 5.26. The number of methoxy groups -OCH3 is 1. The molecule has 0 aliphatic carbocycles. The van der Waals surface area contributed by atoms with Crippen LogP contribution in [0, 0.1) is 15.9 Å². The number of aromatic nitrogens is 3. The Balaban J connectivity index is 1.64. The number of nitrogens with one attached hydrogen (secondary N) is 1. The molecule has 0 saturated carbocycles. The van der Waals surface area contributed by atoms with Crippen LogP contribution in [0.1, 0.15) is 5.82 Å². The van der Waals surface area contributed by atoms with E-state index in [0.29, 0.717) is 29.0 Å². The highest BCUT2D eigenvalue weighted by Gasteiger charge is 2.19. The van der Waals surface area contributed by atoms with Crippen molar-refractivity contribution in [3.8, 4) is 11.5 Å². The van der Waals surface area contributed by atoms with Gasteiger partial charge in [0.25, 0.3) is 5.69 Å². The maximum Gasteiger partial charge on any atom is 0.296 e. The average Bonchev–Trinajstić information content (AvgIpc) is 3.19. The molecule has 0 aliphatic heterocycles. The third kappa shape index (κ3) is 6.29. The molecule has 3 aromatic rings. The van der Waals surface area contributed by atoms with E-state index in [9.17, 15) is 19.3 Å². The number of ether oxygens (including phenoxy) is 2. The van der Waals surface area contributed by atoms with Crippen molar-refractivity contribution in [3.63, 3.8) is 0 Å². The second kappa shape index (κ2) is 11.1. The van der Waals surface area contributed by atoms with E-state index in [0.717, 1.165) is 11.8 Å². The zero-order valence-electron chi connectivity index (χ0n) is 17.6. The minimum absolute atomic E-state index is 0.0583. The van der Waals surface area contributed by atoms with Gasteiger partial charge in [0.2, 0.25) is 5.91 Å². The van der Waals surface area contributed by atoms with E-state index in [4.69, 9.17) is 9.47 Å². The first-order valence-electron chi connectivity index (χ1n) is 9.57. The lowest BCUT2D eigenvalue weighted by atomic mass is 10.2. The van der Waals surface area contributed by atoms with Crippen LogP contribution in [0.25, 0.3) is 0 Å². The molecule has 2 aromatic carbocycles. The van der Waals surface area contributed by atoms with Gasteiger partial charge in [-0.1, -0.05) is 17.8 Å². The van der Waals surface area contributed by atoms with Crippen LogP contribution in [0.4, 0.5) is 15.8 Å². The second-order valence-electron chi connectivity index (χ2n) is 6.52. The Labute approximate surface area is 192 Å². The highest BCUT2D eigenvalue weighted by Crippen LogP contribution is 2.29. The fourth-order valence-electron chi connectivity index (χ4n) is 2.74. The molecule has 0 unspecified atom stereocenters. The molecule has 12 heteroatoms. The summed E-state index contributed by atoms with van der Waals surface area (Å²) >= 11 is 1.11. The second-order valence-corrected chi connectivity index (χ2v) is 7.46. The topological polar surface area (TPSA) is 121 Å². The van der Waals surface area contributed by atoms with Gasteiger partial charge in [-0.3, -0.25) is 19.5 Å². The molecular weight excluding hydrogens is 453 g/mol. The van der Waals surface area contributed by atoms with Crippen molar-refractivity contribution in [3.05, 3.63) is 76.9 Å². The number of nitrogens with zero attached hydrogens (tertiary/aromatic N) is 4. The molecule has 1 amide bonds. The first-order valence-corrected chi connectivity index (χ1v) is 10.6. The van der Waals surface area contributed by atoms with Crippen molar-refractivity contribution in [1.29, 1.82) is 0 Å². The number of amides is 1. The quantitative estimate of drug-likeness (QED) is 0.193. The van der Waals surface area contributed by atoms with Crippen molar-refractivity contribution in [2.45, 2.75) is 18.3 Å². The number of rotatable bonds is 11. The molecule has 0 saturated heterocycles. The van der Waals surface area contributed by atoms with Gasteiger partial charge < -0.3 is 14.8 Å². The molecule has 1 N–H and O–H groups in total. The smallest absolute Gasteiger partial charge is 0.296 e. The zero-order chi connectivity index (χ0) is 23.8. The minimum atomic E-state index is -0.598. The van der Waals surface area contributed by atoms with Gasteiger partial charge in [0.05, 0.1) is 23.9 Å². The highest BCUT2D eigenvalue weighted by molar-refractivity contribution is 7.99. The van der Waals surface area contributed by atoms with Crippen molar-refractivity contribution in [1.82, 2.24) is 14.8 Å².